The lowest BCUT2D eigenvalue weighted by molar-refractivity contribution is 0.0827. The summed E-state index contributed by atoms with van der Waals surface area (Å²) in [6.07, 6.45) is 0. The Balaban J connectivity index is 2.06. The van der Waals surface area contributed by atoms with Crippen molar-refractivity contribution in [3.8, 4) is 5.75 Å². The quantitative estimate of drug-likeness (QED) is 0.819. The first kappa shape index (κ1) is 17.1. The Hall–Kier alpha value is -2.29. The average Bonchev–Trinajstić information content (AvgIpc) is 2.53. The summed E-state index contributed by atoms with van der Waals surface area (Å²) in [5.41, 5.74) is 4.15. The molecule has 0 aliphatic heterocycles. The van der Waals surface area contributed by atoms with Crippen molar-refractivity contribution in [2.45, 2.75) is 33.3 Å². The van der Waals surface area contributed by atoms with Gasteiger partial charge in [-0.3, -0.25) is 4.79 Å². The molecule has 1 amide bonds. The minimum atomic E-state index is 0.0120. The molecule has 0 bridgehead atoms. The zero-order chi connectivity index (χ0) is 17.0. The fraction of sp³-hybridized carbons (Fsp3) is 0.350. The molecule has 23 heavy (non-hydrogen) atoms. The second-order valence-electron chi connectivity index (χ2n) is 6.36. The van der Waals surface area contributed by atoms with Crippen LogP contribution in [0, 0.1) is 6.92 Å². The summed E-state index contributed by atoms with van der Waals surface area (Å²) in [7, 11) is 3.51. The van der Waals surface area contributed by atoms with Crippen LogP contribution in [0.25, 0.3) is 0 Å². The third kappa shape index (κ3) is 4.35. The predicted octanol–water partition coefficient (Wildman–Crippen LogP) is 4.40. The Kier molecular flexibility index (Phi) is 5.43. The third-order valence-corrected chi connectivity index (χ3v) is 3.88. The molecular formula is C20H25NO2. The Morgan fingerprint density at radius 2 is 1.74 bits per heavy atom. The first-order valence-electron chi connectivity index (χ1n) is 7.92. The summed E-state index contributed by atoms with van der Waals surface area (Å²) in [6, 6.07) is 13.9. The number of hydrogen-bond donors (Lipinski definition) is 0. The highest BCUT2D eigenvalue weighted by molar-refractivity contribution is 5.93. The summed E-state index contributed by atoms with van der Waals surface area (Å²) in [6.45, 7) is 6.90. The van der Waals surface area contributed by atoms with E-state index in [1.165, 1.54) is 5.56 Å². The molecule has 0 N–H and O–H groups in total. The van der Waals surface area contributed by atoms with Gasteiger partial charge in [0.1, 0.15) is 12.4 Å². The van der Waals surface area contributed by atoms with E-state index in [0.29, 0.717) is 18.1 Å². The number of aryl methyl sites for hydroxylation is 1. The molecule has 2 rings (SSSR count). The molecule has 3 nitrogen and oxygen atoms in total. The highest BCUT2D eigenvalue weighted by Crippen LogP contribution is 2.25. The van der Waals surface area contributed by atoms with E-state index in [1.54, 1.807) is 19.0 Å². The largest absolute Gasteiger partial charge is 0.489 e. The van der Waals surface area contributed by atoms with Crippen LogP contribution >= 0.6 is 0 Å². The third-order valence-electron chi connectivity index (χ3n) is 3.88. The van der Waals surface area contributed by atoms with Crippen LogP contribution in [0.3, 0.4) is 0 Å². The summed E-state index contributed by atoms with van der Waals surface area (Å²) in [4.78, 5) is 13.5. The molecule has 0 heterocycles. The van der Waals surface area contributed by atoms with E-state index in [2.05, 4.69) is 39.0 Å². The van der Waals surface area contributed by atoms with Crippen molar-refractivity contribution in [2.75, 3.05) is 14.1 Å². The zero-order valence-corrected chi connectivity index (χ0v) is 14.6. The normalized spacial score (nSPS) is 10.7. The highest BCUT2D eigenvalue weighted by Gasteiger charge is 2.08. The van der Waals surface area contributed by atoms with E-state index in [0.717, 1.165) is 16.9 Å². The fourth-order valence-electron chi connectivity index (χ4n) is 2.29. The van der Waals surface area contributed by atoms with Crippen LogP contribution in [0.2, 0.25) is 0 Å². The van der Waals surface area contributed by atoms with Crippen LogP contribution in [0.1, 0.15) is 46.8 Å². The second kappa shape index (κ2) is 7.32. The Bertz CT molecular complexity index is 673. The fourth-order valence-corrected chi connectivity index (χ4v) is 2.29. The van der Waals surface area contributed by atoms with Gasteiger partial charge < -0.3 is 9.64 Å². The van der Waals surface area contributed by atoms with E-state index >= 15 is 0 Å². The minimum Gasteiger partial charge on any atom is -0.489 e. The number of rotatable bonds is 5. The van der Waals surface area contributed by atoms with Gasteiger partial charge in [-0.1, -0.05) is 38.1 Å². The topological polar surface area (TPSA) is 29.5 Å². The van der Waals surface area contributed by atoms with Gasteiger partial charge in [-0.25, -0.2) is 0 Å². The molecule has 0 spiro atoms. The molecule has 0 aliphatic rings. The van der Waals surface area contributed by atoms with Crippen molar-refractivity contribution in [1.82, 2.24) is 4.90 Å². The Morgan fingerprint density at radius 1 is 1.09 bits per heavy atom. The van der Waals surface area contributed by atoms with E-state index < -0.39 is 0 Å². The van der Waals surface area contributed by atoms with Crippen LogP contribution in [-0.4, -0.2) is 24.9 Å². The maximum atomic E-state index is 11.9. The number of amides is 1. The van der Waals surface area contributed by atoms with Gasteiger partial charge in [0.05, 0.1) is 0 Å². The molecular weight excluding hydrogens is 286 g/mol. The molecule has 0 aromatic heterocycles. The Morgan fingerprint density at radius 3 is 2.30 bits per heavy atom. The lowest BCUT2D eigenvalue weighted by Gasteiger charge is -2.13. The summed E-state index contributed by atoms with van der Waals surface area (Å²) < 4.78 is 5.97. The maximum Gasteiger partial charge on any atom is 0.253 e. The molecule has 0 fully saturated rings. The average molecular weight is 311 g/mol. The van der Waals surface area contributed by atoms with Crippen LogP contribution in [0.5, 0.6) is 5.75 Å². The standard InChI is InChI=1S/C20H25NO2/c1-14(2)18-9-6-15(3)19(12-18)23-13-16-7-10-17(11-8-16)20(22)21(4)5/h6-12,14H,13H2,1-5H3. The van der Waals surface area contributed by atoms with Gasteiger partial charge in [0.25, 0.3) is 5.91 Å². The summed E-state index contributed by atoms with van der Waals surface area (Å²) >= 11 is 0. The first-order chi connectivity index (χ1) is 10.9. The van der Waals surface area contributed by atoms with Crippen LogP contribution < -0.4 is 4.74 Å². The van der Waals surface area contributed by atoms with Crippen molar-refractivity contribution in [3.63, 3.8) is 0 Å². The molecule has 122 valence electrons. The molecule has 0 aliphatic carbocycles. The lowest BCUT2D eigenvalue weighted by Crippen LogP contribution is -2.21. The number of ether oxygens (including phenoxy) is 1. The molecule has 3 heteroatoms. The SMILES string of the molecule is Cc1ccc(C(C)C)cc1OCc1ccc(C(=O)N(C)C)cc1. The summed E-state index contributed by atoms with van der Waals surface area (Å²) in [5.74, 6) is 1.41. The molecule has 2 aromatic carbocycles. The smallest absolute Gasteiger partial charge is 0.253 e. The molecule has 2 aromatic rings. The minimum absolute atomic E-state index is 0.0120. The molecule has 0 unspecified atom stereocenters. The monoisotopic (exact) mass is 311 g/mol. The number of carbonyl (C=O) groups is 1. The van der Waals surface area contributed by atoms with E-state index in [1.807, 2.05) is 24.3 Å². The van der Waals surface area contributed by atoms with Gasteiger partial charge in [-0.2, -0.15) is 0 Å². The Labute approximate surface area is 138 Å². The van der Waals surface area contributed by atoms with Gasteiger partial charge in [-0.15, -0.1) is 0 Å². The summed E-state index contributed by atoms with van der Waals surface area (Å²) in [5, 5.41) is 0. The van der Waals surface area contributed by atoms with Gasteiger partial charge in [0.2, 0.25) is 0 Å². The van der Waals surface area contributed by atoms with Gasteiger partial charge in [0.15, 0.2) is 0 Å². The number of carbonyl (C=O) groups excluding carboxylic acids is 1. The van der Waals surface area contributed by atoms with Crippen LogP contribution in [0.4, 0.5) is 0 Å². The van der Waals surface area contributed by atoms with Crippen molar-refractivity contribution < 1.29 is 9.53 Å². The van der Waals surface area contributed by atoms with Gasteiger partial charge in [0, 0.05) is 19.7 Å². The van der Waals surface area contributed by atoms with E-state index in [-0.39, 0.29) is 5.91 Å². The maximum absolute atomic E-state index is 11.9. The van der Waals surface area contributed by atoms with Crippen LogP contribution in [-0.2, 0) is 6.61 Å². The second-order valence-corrected chi connectivity index (χ2v) is 6.36. The lowest BCUT2D eigenvalue weighted by atomic mass is 10.0. The number of nitrogens with zero attached hydrogens (tertiary/aromatic N) is 1. The van der Waals surface area contributed by atoms with Crippen molar-refractivity contribution >= 4 is 5.91 Å². The highest BCUT2D eigenvalue weighted by atomic mass is 16.5. The molecule has 0 radical (unpaired) electrons. The van der Waals surface area contributed by atoms with Crippen molar-refractivity contribution in [3.05, 3.63) is 64.7 Å². The predicted molar refractivity (Wildman–Crippen MR) is 94.1 cm³/mol. The van der Waals surface area contributed by atoms with Crippen molar-refractivity contribution in [1.29, 1.82) is 0 Å². The van der Waals surface area contributed by atoms with Gasteiger partial charge in [-0.05, 0) is 47.7 Å². The number of hydrogen-bond acceptors (Lipinski definition) is 2. The van der Waals surface area contributed by atoms with E-state index in [9.17, 15) is 4.79 Å². The van der Waals surface area contributed by atoms with E-state index in [4.69, 9.17) is 4.74 Å². The van der Waals surface area contributed by atoms with Gasteiger partial charge >= 0.3 is 0 Å². The number of benzene rings is 2. The van der Waals surface area contributed by atoms with Crippen LogP contribution in [0.15, 0.2) is 42.5 Å². The first-order valence-corrected chi connectivity index (χ1v) is 7.92. The van der Waals surface area contributed by atoms with Crippen molar-refractivity contribution in [2.24, 2.45) is 0 Å². The molecule has 0 saturated carbocycles. The zero-order valence-electron chi connectivity index (χ0n) is 14.6. The molecule has 0 atom stereocenters. The molecule has 0 saturated heterocycles.